The van der Waals surface area contributed by atoms with Gasteiger partial charge in [0.2, 0.25) is 5.91 Å². The minimum Gasteiger partial charge on any atom is -0.394 e. The average Bonchev–Trinajstić information content (AvgIpc) is 3.31. The molecule has 0 saturated heterocycles. The fourth-order valence-corrected chi connectivity index (χ4v) is 9.93. The molecule has 0 aromatic rings. The maximum absolute atomic E-state index is 12.6. The Morgan fingerprint density at radius 3 is 0.879 bits per heavy atom. The van der Waals surface area contributed by atoms with Crippen molar-refractivity contribution in [1.29, 1.82) is 0 Å². The average molecular weight is 933 g/mol. The molecule has 4 N–H and O–H groups in total. The minimum absolute atomic E-state index is 0.0405. The van der Waals surface area contributed by atoms with E-state index in [9.17, 15) is 20.1 Å². The van der Waals surface area contributed by atoms with Crippen molar-refractivity contribution in [2.75, 3.05) is 6.61 Å². The fraction of sp³-hybridized carbons (Fsp3) is 0.951. The van der Waals surface area contributed by atoms with Gasteiger partial charge in [0.05, 0.1) is 31.3 Å². The van der Waals surface area contributed by atoms with Crippen LogP contribution in [0.5, 0.6) is 0 Å². The predicted molar refractivity (Wildman–Crippen MR) is 292 cm³/mol. The second kappa shape index (κ2) is 56.7. The molecule has 0 fully saturated rings. The molecule has 0 spiro atoms. The van der Waals surface area contributed by atoms with Crippen LogP contribution in [0.2, 0.25) is 0 Å². The summed E-state index contributed by atoms with van der Waals surface area (Å²) in [5, 5.41) is 33.7. The van der Waals surface area contributed by atoms with Gasteiger partial charge < -0.3 is 20.6 Å². The van der Waals surface area contributed by atoms with Gasteiger partial charge in [0, 0.05) is 0 Å². The predicted octanol–water partition coefficient (Wildman–Crippen LogP) is 19.1. The van der Waals surface area contributed by atoms with Gasteiger partial charge in [0.25, 0.3) is 0 Å². The third-order valence-corrected chi connectivity index (χ3v) is 14.6. The van der Waals surface area contributed by atoms with E-state index in [1.54, 1.807) is 0 Å². The molecule has 0 aliphatic rings. The maximum Gasteiger partial charge on any atom is 0.222 e. The first-order valence-corrected chi connectivity index (χ1v) is 30.5. The van der Waals surface area contributed by atoms with Crippen LogP contribution in [0.4, 0.5) is 0 Å². The summed E-state index contributed by atoms with van der Waals surface area (Å²) in [5.74, 6) is -0.276. The van der Waals surface area contributed by atoms with Crippen LogP contribution < -0.4 is 5.32 Å². The van der Waals surface area contributed by atoms with Crippen LogP contribution in [0.3, 0.4) is 0 Å². The Morgan fingerprint density at radius 2 is 0.606 bits per heavy atom. The van der Waals surface area contributed by atoms with Crippen LogP contribution in [0.1, 0.15) is 348 Å². The number of amides is 1. The molecule has 0 radical (unpaired) electrons. The molecule has 394 valence electrons. The Hall–Kier alpha value is -0.910. The van der Waals surface area contributed by atoms with Crippen LogP contribution in [0.25, 0.3) is 0 Å². The first kappa shape index (κ1) is 65.1. The molecule has 0 aliphatic carbocycles. The molecule has 5 nitrogen and oxygen atoms in total. The molecule has 0 bridgehead atoms. The van der Waals surface area contributed by atoms with Gasteiger partial charge >= 0.3 is 0 Å². The highest BCUT2D eigenvalue weighted by molar-refractivity contribution is 5.76. The third-order valence-electron chi connectivity index (χ3n) is 14.6. The van der Waals surface area contributed by atoms with Gasteiger partial charge in [-0.2, -0.15) is 0 Å². The Morgan fingerprint density at radius 1 is 0.364 bits per heavy atom. The molecule has 3 unspecified atom stereocenters. The Labute approximate surface area is 414 Å². The number of hydrogen-bond acceptors (Lipinski definition) is 4. The monoisotopic (exact) mass is 932 g/mol. The Kier molecular flexibility index (Phi) is 55.9. The van der Waals surface area contributed by atoms with Crippen molar-refractivity contribution in [3.05, 3.63) is 12.2 Å². The van der Waals surface area contributed by atoms with Crippen molar-refractivity contribution >= 4 is 5.91 Å². The number of carbonyl (C=O) groups excluding carboxylic acids is 1. The van der Waals surface area contributed by atoms with E-state index in [2.05, 4.69) is 31.3 Å². The molecule has 1 amide bonds. The molecule has 0 aliphatic heterocycles. The largest absolute Gasteiger partial charge is 0.394 e. The lowest BCUT2D eigenvalue weighted by Crippen LogP contribution is -2.46. The lowest BCUT2D eigenvalue weighted by atomic mass is 10.0. The van der Waals surface area contributed by atoms with E-state index in [0.29, 0.717) is 12.8 Å². The van der Waals surface area contributed by atoms with Crippen molar-refractivity contribution < 1.29 is 20.1 Å². The molecule has 0 rings (SSSR count). The van der Waals surface area contributed by atoms with Crippen LogP contribution >= 0.6 is 0 Å². The second-order valence-electron chi connectivity index (χ2n) is 21.3. The van der Waals surface area contributed by atoms with Crippen molar-refractivity contribution in [2.45, 2.75) is 366 Å². The minimum atomic E-state index is -0.748. The summed E-state index contributed by atoms with van der Waals surface area (Å²) in [4.78, 5) is 12.6. The number of unbranched alkanes of at least 4 members (excludes halogenated alkanes) is 46. The summed E-state index contributed by atoms with van der Waals surface area (Å²) in [6, 6.07) is -0.657. The molecule has 3 atom stereocenters. The van der Waals surface area contributed by atoms with Gasteiger partial charge in [-0.1, -0.05) is 315 Å². The zero-order valence-electron chi connectivity index (χ0n) is 45.1. The number of nitrogens with one attached hydrogen (secondary N) is 1. The first-order chi connectivity index (χ1) is 32.5. The molecule has 0 aromatic carbocycles. The second-order valence-corrected chi connectivity index (χ2v) is 21.3. The van der Waals surface area contributed by atoms with E-state index in [-0.39, 0.29) is 18.9 Å². The van der Waals surface area contributed by atoms with E-state index in [0.717, 1.165) is 25.7 Å². The molecule has 5 heteroatoms. The van der Waals surface area contributed by atoms with Crippen LogP contribution in [-0.2, 0) is 4.79 Å². The first-order valence-electron chi connectivity index (χ1n) is 30.5. The molecule has 66 heavy (non-hydrogen) atoms. The molecular weight excluding hydrogens is 811 g/mol. The summed E-state index contributed by atoms with van der Waals surface area (Å²) in [6.45, 7) is 4.31. The summed E-state index contributed by atoms with van der Waals surface area (Å²) < 4.78 is 0. The number of allylic oxidation sites excluding steroid dienone is 2. The zero-order valence-corrected chi connectivity index (χ0v) is 45.1. The summed E-state index contributed by atoms with van der Waals surface area (Å²) in [6.07, 6.45) is 71.0. The highest BCUT2D eigenvalue weighted by atomic mass is 16.3. The Balaban J connectivity index is 3.49. The van der Waals surface area contributed by atoms with Crippen molar-refractivity contribution in [2.24, 2.45) is 0 Å². The maximum atomic E-state index is 12.6. The Bertz CT molecular complexity index is 940. The summed E-state index contributed by atoms with van der Waals surface area (Å²) in [7, 11) is 0. The van der Waals surface area contributed by atoms with Crippen molar-refractivity contribution in [3.8, 4) is 0 Å². The number of rotatable bonds is 57. The van der Waals surface area contributed by atoms with E-state index < -0.39 is 18.2 Å². The SMILES string of the molecule is CCCCCCCCCCCCCC/C=C\CCCCCCCCCCCCCCC(O)CC(=O)NC(CO)C(O)CCCCCCCCCCCCCCCCCCCCCCCCC. The lowest BCUT2D eigenvalue weighted by Gasteiger charge is -2.23. The normalized spacial score (nSPS) is 13.2. The number of hydrogen-bond donors (Lipinski definition) is 4. The molecule has 0 aromatic heterocycles. The van der Waals surface area contributed by atoms with Crippen molar-refractivity contribution in [3.63, 3.8) is 0 Å². The molecule has 0 saturated carbocycles. The lowest BCUT2D eigenvalue weighted by molar-refractivity contribution is -0.125. The number of carbonyl (C=O) groups is 1. The van der Waals surface area contributed by atoms with Crippen LogP contribution in [0, 0.1) is 0 Å². The fourth-order valence-electron chi connectivity index (χ4n) is 9.93. The van der Waals surface area contributed by atoms with Gasteiger partial charge in [-0.3, -0.25) is 4.79 Å². The standard InChI is InChI=1S/C61H121NO4/c1-3-5-7-9-11-13-15-17-19-21-23-25-27-28-29-30-31-33-34-36-38-40-42-44-46-48-50-52-54-58(64)56-61(66)62-59(57-63)60(65)55-53-51-49-47-45-43-41-39-37-35-32-26-24-22-20-18-16-14-12-10-8-6-4-2/h28-29,58-60,63-65H,3-27,30-57H2,1-2H3,(H,62,66)/b29-28-. The smallest absolute Gasteiger partial charge is 0.222 e. The highest BCUT2D eigenvalue weighted by Crippen LogP contribution is 2.19. The summed E-state index contributed by atoms with van der Waals surface area (Å²) in [5.41, 5.74) is 0. The van der Waals surface area contributed by atoms with Gasteiger partial charge in [0.15, 0.2) is 0 Å². The zero-order chi connectivity index (χ0) is 47.9. The van der Waals surface area contributed by atoms with Crippen LogP contribution in [0.15, 0.2) is 12.2 Å². The van der Waals surface area contributed by atoms with E-state index >= 15 is 0 Å². The quantitative estimate of drug-likeness (QED) is 0.0361. The van der Waals surface area contributed by atoms with Gasteiger partial charge in [-0.05, 0) is 38.5 Å². The van der Waals surface area contributed by atoms with Gasteiger partial charge in [-0.15, -0.1) is 0 Å². The highest BCUT2D eigenvalue weighted by Gasteiger charge is 2.21. The molecule has 0 heterocycles. The third kappa shape index (κ3) is 52.5. The van der Waals surface area contributed by atoms with E-state index in [4.69, 9.17) is 0 Å². The van der Waals surface area contributed by atoms with Crippen LogP contribution in [-0.4, -0.2) is 46.1 Å². The topological polar surface area (TPSA) is 89.8 Å². The number of aliphatic hydroxyl groups is 3. The summed E-state index contributed by atoms with van der Waals surface area (Å²) >= 11 is 0. The van der Waals surface area contributed by atoms with Gasteiger partial charge in [-0.25, -0.2) is 0 Å². The van der Waals surface area contributed by atoms with E-state index in [1.165, 1.54) is 289 Å². The van der Waals surface area contributed by atoms with Crippen molar-refractivity contribution in [1.82, 2.24) is 5.32 Å². The van der Waals surface area contributed by atoms with E-state index in [1.807, 2.05) is 0 Å². The molecular formula is C61H121NO4. The number of aliphatic hydroxyl groups excluding tert-OH is 3. The van der Waals surface area contributed by atoms with Gasteiger partial charge in [0.1, 0.15) is 0 Å².